The van der Waals surface area contributed by atoms with Gasteiger partial charge in [0.1, 0.15) is 5.82 Å². The van der Waals surface area contributed by atoms with Gasteiger partial charge < -0.3 is 19.9 Å². The number of amides is 1. The van der Waals surface area contributed by atoms with Gasteiger partial charge in [-0.15, -0.1) is 0 Å². The number of piperidine rings is 1. The van der Waals surface area contributed by atoms with Crippen molar-refractivity contribution >= 4 is 17.8 Å². The fraction of sp³-hybridized carbons (Fsp3) is 0.556. The maximum atomic E-state index is 14.5. The average Bonchev–Trinajstić information content (AvgIpc) is 2.61. The molecule has 0 bridgehead atoms. The molecule has 1 saturated heterocycles. The zero-order chi connectivity index (χ0) is 17.5. The highest BCUT2D eigenvalue weighted by atomic mass is 19.1. The normalized spacial score (nSPS) is 15.4. The van der Waals surface area contributed by atoms with Gasteiger partial charge in [-0.2, -0.15) is 0 Å². The quantitative estimate of drug-likeness (QED) is 0.779. The van der Waals surface area contributed by atoms with E-state index in [2.05, 4.69) is 0 Å². The zero-order valence-electron chi connectivity index (χ0n) is 14.4. The summed E-state index contributed by atoms with van der Waals surface area (Å²) < 4.78 is 19.5. The van der Waals surface area contributed by atoms with Crippen molar-refractivity contribution < 1.29 is 13.9 Å². The Kier molecular flexibility index (Phi) is 6.73. The summed E-state index contributed by atoms with van der Waals surface area (Å²) in [5.74, 6) is -0.140. The molecule has 2 rings (SSSR count). The fourth-order valence-corrected chi connectivity index (χ4v) is 3.14. The van der Waals surface area contributed by atoms with Crippen molar-refractivity contribution in [2.45, 2.75) is 31.7 Å². The third-order valence-corrected chi connectivity index (χ3v) is 4.65. The lowest BCUT2D eigenvalue weighted by molar-refractivity contribution is -0.133. The van der Waals surface area contributed by atoms with Crippen LogP contribution in [0, 0.1) is 11.2 Å². The van der Waals surface area contributed by atoms with E-state index in [1.807, 2.05) is 18.0 Å². The number of nitrogens with one attached hydrogen (secondary N) is 1. The average molecular weight is 335 g/mol. The summed E-state index contributed by atoms with van der Waals surface area (Å²) >= 11 is 0. The first kappa shape index (κ1) is 18.4. The Morgan fingerprint density at radius 2 is 2.17 bits per heavy atom. The maximum Gasteiger partial charge on any atom is 0.224 e. The summed E-state index contributed by atoms with van der Waals surface area (Å²) in [4.78, 5) is 15.9. The van der Waals surface area contributed by atoms with Crippen LogP contribution in [0.2, 0.25) is 0 Å². The molecule has 1 aromatic rings. The number of nitrogens with zero attached hydrogens (tertiary/aromatic N) is 2. The number of halogens is 1. The predicted octanol–water partition coefficient (Wildman–Crippen LogP) is 2.48. The molecule has 0 atom stereocenters. The predicted molar refractivity (Wildman–Crippen MR) is 93.4 cm³/mol. The number of ether oxygens (including phenoxy) is 1. The first-order valence-corrected chi connectivity index (χ1v) is 8.34. The SMILES string of the molecule is COCCC(=O)N(C)C1CCN(c2cccc(CC=N)c2F)CC1. The van der Waals surface area contributed by atoms with Crippen molar-refractivity contribution in [1.82, 2.24) is 4.90 Å². The van der Waals surface area contributed by atoms with E-state index in [9.17, 15) is 9.18 Å². The summed E-state index contributed by atoms with van der Waals surface area (Å²) in [5, 5.41) is 7.16. The molecule has 0 spiro atoms. The lowest BCUT2D eigenvalue weighted by Gasteiger charge is -2.38. The van der Waals surface area contributed by atoms with Crippen molar-refractivity contribution in [2.24, 2.45) is 0 Å². The Morgan fingerprint density at radius 3 is 2.79 bits per heavy atom. The highest BCUT2D eigenvalue weighted by molar-refractivity contribution is 5.76. The second kappa shape index (κ2) is 8.78. The molecule has 1 fully saturated rings. The molecular weight excluding hydrogens is 309 g/mol. The van der Waals surface area contributed by atoms with E-state index in [-0.39, 0.29) is 17.8 Å². The van der Waals surface area contributed by atoms with E-state index in [4.69, 9.17) is 10.1 Å². The molecule has 1 aromatic carbocycles. The van der Waals surface area contributed by atoms with Crippen LogP contribution < -0.4 is 4.90 Å². The minimum absolute atomic E-state index is 0.0921. The number of hydrogen-bond donors (Lipinski definition) is 1. The molecule has 1 N–H and O–H groups in total. The minimum Gasteiger partial charge on any atom is -0.384 e. The third kappa shape index (κ3) is 4.32. The Bertz CT molecular complexity index is 571. The van der Waals surface area contributed by atoms with E-state index >= 15 is 0 Å². The van der Waals surface area contributed by atoms with E-state index < -0.39 is 0 Å². The molecule has 1 amide bonds. The zero-order valence-corrected chi connectivity index (χ0v) is 14.4. The second-order valence-electron chi connectivity index (χ2n) is 6.12. The summed E-state index contributed by atoms with van der Waals surface area (Å²) in [6, 6.07) is 5.54. The molecule has 1 aliphatic heterocycles. The number of rotatable bonds is 7. The third-order valence-electron chi connectivity index (χ3n) is 4.65. The highest BCUT2D eigenvalue weighted by Gasteiger charge is 2.26. The smallest absolute Gasteiger partial charge is 0.224 e. The molecule has 1 aliphatic rings. The Hall–Kier alpha value is -1.95. The molecule has 132 valence electrons. The first-order chi connectivity index (χ1) is 11.6. The van der Waals surface area contributed by atoms with Gasteiger partial charge in [-0.3, -0.25) is 4.79 Å². The summed E-state index contributed by atoms with van der Waals surface area (Å²) in [5.41, 5.74) is 1.15. The lowest BCUT2D eigenvalue weighted by atomic mass is 10.0. The highest BCUT2D eigenvalue weighted by Crippen LogP contribution is 2.27. The van der Waals surface area contributed by atoms with Crippen molar-refractivity contribution in [1.29, 1.82) is 5.41 Å². The lowest BCUT2D eigenvalue weighted by Crippen LogP contribution is -2.46. The number of benzene rings is 1. The Balaban J connectivity index is 1.96. The van der Waals surface area contributed by atoms with Crippen LogP contribution in [0.15, 0.2) is 18.2 Å². The number of anilines is 1. The largest absolute Gasteiger partial charge is 0.384 e. The number of hydrogen-bond acceptors (Lipinski definition) is 4. The van der Waals surface area contributed by atoms with Gasteiger partial charge in [0.2, 0.25) is 5.91 Å². The maximum absolute atomic E-state index is 14.5. The monoisotopic (exact) mass is 335 g/mol. The number of carbonyl (C=O) groups is 1. The molecule has 6 heteroatoms. The first-order valence-electron chi connectivity index (χ1n) is 8.34. The van der Waals surface area contributed by atoms with E-state index in [1.165, 1.54) is 6.21 Å². The van der Waals surface area contributed by atoms with Gasteiger partial charge in [0, 0.05) is 39.7 Å². The molecule has 0 saturated carbocycles. The fourth-order valence-electron chi connectivity index (χ4n) is 3.14. The van der Waals surface area contributed by atoms with Crippen LogP contribution >= 0.6 is 0 Å². The van der Waals surface area contributed by atoms with Gasteiger partial charge in [0.15, 0.2) is 0 Å². The molecule has 24 heavy (non-hydrogen) atoms. The molecule has 0 unspecified atom stereocenters. The minimum atomic E-state index is -0.232. The summed E-state index contributed by atoms with van der Waals surface area (Å²) in [7, 11) is 3.43. The standard InChI is InChI=1S/C18H26FN3O2/c1-21(17(23)9-13-24-2)15-7-11-22(12-8-15)16-5-3-4-14(6-10-20)18(16)19/h3-5,10,15,20H,6-9,11-13H2,1-2H3. The molecule has 5 nitrogen and oxygen atoms in total. The number of carbonyl (C=O) groups excluding carboxylic acids is 1. The topological polar surface area (TPSA) is 56.6 Å². The Morgan fingerprint density at radius 1 is 1.46 bits per heavy atom. The molecule has 0 radical (unpaired) electrons. The second-order valence-corrected chi connectivity index (χ2v) is 6.12. The Labute approximate surface area is 142 Å². The van der Waals surface area contributed by atoms with Crippen LogP contribution in [0.3, 0.4) is 0 Å². The molecular formula is C18H26FN3O2. The molecule has 0 aromatic heterocycles. The van der Waals surface area contributed by atoms with Crippen molar-refractivity contribution in [3.05, 3.63) is 29.6 Å². The van der Waals surface area contributed by atoms with Crippen LogP contribution in [0.5, 0.6) is 0 Å². The number of methoxy groups -OCH3 is 1. The molecule has 0 aliphatic carbocycles. The van der Waals surface area contributed by atoms with Gasteiger partial charge in [-0.25, -0.2) is 4.39 Å². The van der Waals surface area contributed by atoms with Crippen molar-refractivity contribution in [2.75, 3.05) is 38.8 Å². The van der Waals surface area contributed by atoms with Crippen LogP contribution in [-0.2, 0) is 16.0 Å². The van der Waals surface area contributed by atoms with Crippen LogP contribution in [0.25, 0.3) is 0 Å². The van der Waals surface area contributed by atoms with Gasteiger partial charge >= 0.3 is 0 Å². The van der Waals surface area contributed by atoms with E-state index in [0.717, 1.165) is 25.9 Å². The van der Waals surface area contributed by atoms with Crippen molar-refractivity contribution in [3.63, 3.8) is 0 Å². The van der Waals surface area contributed by atoms with Gasteiger partial charge in [-0.05, 0) is 30.7 Å². The van der Waals surface area contributed by atoms with E-state index in [1.54, 1.807) is 24.1 Å². The molecule has 1 heterocycles. The van der Waals surface area contributed by atoms with Crippen LogP contribution in [-0.4, -0.2) is 56.9 Å². The van der Waals surface area contributed by atoms with E-state index in [0.29, 0.717) is 30.7 Å². The van der Waals surface area contributed by atoms with Gasteiger partial charge in [0.25, 0.3) is 0 Å². The van der Waals surface area contributed by atoms with Gasteiger partial charge in [0.05, 0.1) is 18.7 Å². The summed E-state index contributed by atoms with van der Waals surface area (Å²) in [6.07, 6.45) is 3.57. The van der Waals surface area contributed by atoms with Gasteiger partial charge in [-0.1, -0.05) is 12.1 Å². The van der Waals surface area contributed by atoms with Crippen LogP contribution in [0.4, 0.5) is 10.1 Å². The summed E-state index contributed by atoms with van der Waals surface area (Å²) in [6.45, 7) is 1.88. The van der Waals surface area contributed by atoms with Crippen molar-refractivity contribution in [3.8, 4) is 0 Å². The van der Waals surface area contributed by atoms with Crippen LogP contribution in [0.1, 0.15) is 24.8 Å².